The molecule has 7 nitrogen and oxygen atoms in total. The van der Waals surface area contributed by atoms with Crippen molar-refractivity contribution < 1.29 is 4.74 Å². The summed E-state index contributed by atoms with van der Waals surface area (Å²) in [4.78, 5) is 14.4. The van der Waals surface area contributed by atoms with Crippen LogP contribution in [0.5, 0.6) is 5.75 Å². The van der Waals surface area contributed by atoms with Gasteiger partial charge in [-0.2, -0.15) is 5.10 Å². The second-order valence-corrected chi connectivity index (χ2v) is 7.02. The second kappa shape index (κ2) is 7.32. The maximum Gasteiger partial charge on any atom is 0.172 e. The molecule has 0 bridgehead atoms. The molecule has 0 fully saturated rings. The quantitative estimate of drug-likeness (QED) is 0.517. The van der Waals surface area contributed by atoms with E-state index in [1.54, 1.807) is 24.8 Å². The standard InChI is InChI=1S/C19H20N6OS/c1-4-15(17-22-11(2)24-25-17)23-18-16-14(9-27-19(16)21-10-20-18)12-5-7-13(26-3)8-6-12/h5-10,15H,4H2,1-3H3,(H,20,21,23)(H,22,24,25)/t15-/m1/s1. The van der Waals surface area contributed by atoms with Crippen LogP contribution in [0.4, 0.5) is 5.82 Å². The number of anilines is 1. The third kappa shape index (κ3) is 3.35. The Balaban J connectivity index is 1.75. The fourth-order valence-electron chi connectivity index (χ4n) is 3.00. The van der Waals surface area contributed by atoms with E-state index in [1.807, 2.05) is 31.2 Å². The molecule has 2 N–H and O–H groups in total. The van der Waals surface area contributed by atoms with E-state index in [-0.39, 0.29) is 6.04 Å². The molecule has 138 valence electrons. The van der Waals surface area contributed by atoms with Crippen molar-refractivity contribution in [3.05, 3.63) is 47.6 Å². The zero-order valence-electron chi connectivity index (χ0n) is 15.4. The number of aromatic nitrogens is 5. The predicted molar refractivity (Wildman–Crippen MR) is 107 cm³/mol. The van der Waals surface area contributed by atoms with Crippen LogP contribution in [0.2, 0.25) is 0 Å². The predicted octanol–water partition coefficient (Wildman–Crippen LogP) is 4.36. The molecular formula is C19H20N6OS. The number of nitrogens with zero attached hydrogens (tertiary/aromatic N) is 4. The van der Waals surface area contributed by atoms with E-state index in [2.05, 4.69) is 42.8 Å². The van der Waals surface area contributed by atoms with Gasteiger partial charge in [-0.25, -0.2) is 15.0 Å². The van der Waals surface area contributed by atoms with Crippen molar-refractivity contribution in [2.24, 2.45) is 0 Å². The molecule has 1 atom stereocenters. The highest BCUT2D eigenvalue weighted by Crippen LogP contribution is 2.38. The summed E-state index contributed by atoms with van der Waals surface area (Å²) < 4.78 is 5.26. The van der Waals surface area contributed by atoms with Crippen molar-refractivity contribution in [3.8, 4) is 16.9 Å². The first kappa shape index (κ1) is 17.4. The van der Waals surface area contributed by atoms with Gasteiger partial charge in [0.1, 0.15) is 28.5 Å². The largest absolute Gasteiger partial charge is 0.497 e. The summed E-state index contributed by atoms with van der Waals surface area (Å²) in [6.07, 6.45) is 2.43. The van der Waals surface area contributed by atoms with Gasteiger partial charge in [-0.05, 0) is 31.0 Å². The Labute approximate surface area is 160 Å². The van der Waals surface area contributed by atoms with Gasteiger partial charge in [-0.1, -0.05) is 19.1 Å². The molecule has 0 unspecified atom stereocenters. The number of aryl methyl sites for hydroxylation is 1. The minimum atomic E-state index is -0.0309. The van der Waals surface area contributed by atoms with Gasteiger partial charge in [0, 0.05) is 10.9 Å². The molecule has 0 spiro atoms. The third-order valence-corrected chi connectivity index (χ3v) is 5.30. The molecule has 8 heteroatoms. The van der Waals surface area contributed by atoms with E-state index < -0.39 is 0 Å². The molecule has 0 amide bonds. The van der Waals surface area contributed by atoms with Crippen LogP contribution in [-0.4, -0.2) is 32.3 Å². The van der Waals surface area contributed by atoms with Crippen LogP contribution in [0.1, 0.15) is 31.0 Å². The Kier molecular flexibility index (Phi) is 4.72. The molecule has 4 aromatic rings. The summed E-state index contributed by atoms with van der Waals surface area (Å²) in [6.45, 7) is 3.99. The van der Waals surface area contributed by atoms with E-state index in [0.29, 0.717) is 0 Å². The van der Waals surface area contributed by atoms with Crippen LogP contribution in [0.15, 0.2) is 36.0 Å². The Morgan fingerprint density at radius 2 is 2.04 bits per heavy atom. The highest BCUT2D eigenvalue weighted by atomic mass is 32.1. The van der Waals surface area contributed by atoms with Gasteiger partial charge in [0.15, 0.2) is 5.82 Å². The van der Waals surface area contributed by atoms with Crippen LogP contribution >= 0.6 is 11.3 Å². The van der Waals surface area contributed by atoms with Gasteiger partial charge in [0.05, 0.1) is 18.5 Å². The molecule has 0 aliphatic heterocycles. The summed E-state index contributed by atoms with van der Waals surface area (Å²) >= 11 is 1.61. The highest BCUT2D eigenvalue weighted by molar-refractivity contribution is 7.17. The number of nitrogens with one attached hydrogen (secondary N) is 2. The van der Waals surface area contributed by atoms with Gasteiger partial charge in [-0.3, -0.25) is 5.10 Å². The smallest absolute Gasteiger partial charge is 0.172 e. The molecule has 0 radical (unpaired) electrons. The Morgan fingerprint density at radius 1 is 1.22 bits per heavy atom. The Morgan fingerprint density at radius 3 is 2.70 bits per heavy atom. The van der Waals surface area contributed by atoms with E-state index in [9.17, 15) is 0 Å². The van der Waals surface area contributed by atoms with Crippen molar-refractivity contribution in [3.63, 3.8) is 0 Å². The lowest BCUT2D eigenvalue weighted by Gasteiger charge is -2.15. The summed E-state index contributed by atoms with van der Waals surface area (Å²) in [5.41, 5.74) is 2.20. The SMILES string of the molecule is CC[C@@H](Nc1ncnc2scc(-c3ccc(OC)cc3)c12)c1n[nH]c(C)n1. The van der Waals surface area contributed by atoms with Gasteiger partial charge in [0.25, 0.3) is 0 Å². The van der Waals surface area contributed by atoms with Gasteiger partial charge >= 0.3 is 0 Å². The Hall–Kier alpha value is -3.00. The molecule has 0 saturated carbocycles. The number of fused-ring (bicyclic) bond motifs is 1. The summed E-state index contributed by atoms with van der Waals surface area (Å²) in [7, 11) is 1.67. The first-order valence-corrected chi connectivity index (χ1v) is 9.59. The zero-order valence-corrected chi connectivity index (χ0v) is 16.2. The fourth-order valence-corrected chi connectivity index (χ4v) is 3.91. The topological polar surface area (TPSA) is 88.6 Å². The molecule has 1 aromatic carbocycles. The number of ether oxygens (including phenoxy) is 1. The average Bonchev–Trinajstić information content (AvgIpc) is 3.33. The van der Waals surface area contributed by atoms with E-state index in [4.69, 9.17) is 4.74 Å². The first-order valence-electron chi connectivity index (χ1n) is 8.71. The highest BCUT2D eigenvalue weighted by Gasteiger charge is 2.19. The van der Waals surface area contributed by atoms with E-state index in [0.717, 1.165) is 51.0 Å². The lowest BCUT2D eigenvalue weighted by Crippen LogP contribution is -2.13. The normalized spacial score (nSPS) is 12.3. The monoisotopic (exact) mass is 380 g/mol. The maximum atomic E-state index is 5.26. The molecule has 4 rings (SSSR count). The maximum absolute atomic E-state index is 5.26. The summed E-state index contributed by atoms with van der Waals surface area (Å²) in [5, 5.41) is 13.8. The molecule has 0 saturated heterocycles. The number of hydrogen-bond donors (Lipinski definition) is 2. The molecule has 3 aromatic heterocycles. The van der Waals surface area contributed by atoms with Crippen LogP contribution in [0.25, 0.3) is 21.3 Å². The summed E-state index contributed by atoms with van der Waals surface area (Å²) in [6, 6.07) is 7.99. The number of thiophene rings is 1. The van der Waals surface area contributed by atoms with Gasteiger partial charge < -0.3 is 10.1 Å². The molecule has 3 heterocycles. The van der Waals surface area contributed by atoms with Crippen LogP contribution in [-0.2, 0) is 0 Å². The number of methoxy groups -OCH3 is 1. The molecule has 0 aliphatic rings. The Bertz CT molecular complexity index is 1060. The first-order chi connectivity index (χ1) is 13.2. The summed E-state index contributed by atoms with van der Waals surface area (Å²) in [5.74, 6) is 3.16. The van der Waals surface area contributed by atoms with E-state index >= 15 is 0 Å². The molecular weight excluding hydrogens is 360 g/mol. The van der Waals surface area contributed by atoms with Crippen LogP contribution in [0, 0.1) is 6.92 Å². The minimum Gasteiger partial charge on any atom is -0.497 e. The second-order valence-electron chi connectivity index (χ2n) is 6.16. The number of rotatable bonds is 6. The van der Waals surface area contributed by atoms with E-state index in [1.165, 1.54) is 0 Å². The third-order valence-electron chi connectivity index (χ3n) is 4.42. The van der Waals surface area contributed by atoms with Crippen LogP contribution < -0.4 is 10.1 Å². The molecule has 27 heavy (non-hydrogen) atoms. The number of H-pyrrole nitrogens is 1. The average molecular weight is 380 g/mol. The van der Waals surface area contributed by atoms with Gasteiger partial charge in [0.2, 0.25) is 0 Å². The number of aromatic amines is 1. The van der Waals surface area contributed by atoms with Crippen molar-refractivity contribution >= 4 is 27.4 Å². The van der Waals surface area contributed by atoms with Crippen molar-refractivity contribution in [1.29, 1.82) is 0 Å². The van der Waals surface area contributed by atoms with Gasteiger partial charge in [-0.15, -0.1) is 11.3 Å². The number of benzene rings is 1. The van der Waals surface area contributed by atoms with Crippen molar-refractivity contribution in [2.75, 3.05) is 12.4 Å². The minimum absolute atomic E-state index is 0.0309. The van der Waals surface area contributed by atoms with Crippen molar-refractivity contribution in [1.82, 2.24) is 25.1 Å². The molecule has 0 aliphatic carbocycles. The number of hydrogen-bond acceptors (Lipinski definition) is 7. The lowest BCUT2D eigenvalue weighted by molar-refractivity contribution is 0.415. The van der Waals surface area contributed by atoms with Crippen LogP contribution in [0.3, 0.4) is 0 Å². The lowest BCUT2D eigenvalue weighted by atomic mass is 10.1. The zero-order chi connectivity index (χ0) is 18.8. The van der Waals surface area contributed by atoms with Crippen molar-refractivity contribution in [2.45, 2.75) is 26.3 Å². The fraction of sp³-hybridized carbons (Fsp3) is 0.263.